The lowest BCUT2D eigenvalue weighted by Crippen LogP contribution is -2.33. The third-order valence-corrected chi connectivity index (χ3v) is 5.04. The number of amides is 2. The molecule has 156 valence electrons. The minimum atomic E-state index is -4.55. The molecule has 0 radical (unpaired) electrons. The average molecular weight is 429 g/mol. The highest BCUT2D eigenvalue weighted by molar-refractivity contribution is 7.92. The van der Waals surface area contributed by atoms with Gasteiger partial charge in [0.2, 0.25) is 0 Å². The normalized spacial score (nSPS) is 11.6. The van der Waals surface area contributed by atoms with E-state index in [0.29, 0.717) is 0 Å². The van der Waals surface area contributed by atoms with E-state index in [1.54, 1.807) is 19.4 Å². The lowest BCUT2D eigenvalue weighted by Gasteiger charge is -2.13. The molecule has 7 nitrogen and oxygen atoms in total. The van der Waals surface area contributed by atoms with Crippen LogP contribution in [0.2, 0.25) is 0 Å². The fraction of sp³-hybridized carbons (Fsp3) is 0.222. The van der Waals surface area contributed by atoms with Crippen molar-refractivity contribution in [1.82, 2.24) is 10.2 Å². The van der Waals surface area contributed by atoms with Gasteiger partial charge in [-0.15, -0.1) is 0 Å². The summed E-state index contributed by atoms with van der Waals surface area (Å²) in [5, 5.41) is 1.70. The van der Waals surface area contributed by atoms with Crippen molar-refractivity contribution in [1.29, 1.82) is 0 Å². The van der Waals surface area contributed by atoms with Crippen LogP contribution < -0.4 is 10.0 Å². The number of carbonyl (C=O) groups is 2. The van der Waals surface area contributed by atoms with Crippen molar-refractivity contribution in [3.8, 4) is 0 Å². The van der Waals surface area contributed by atoms with Gasteiger partial charge in [0.25, 0.3) is 21.8 Å². The maximum absolute atomic E-state index is 12.5. The van der Waals surface area contributed by atoms with Crippen LogP contribution in [0, 0.1) is 0 Å². The van der Waals surface area contributed by atoms with Crippen molar-refractivity contribution in [3.05, 3.63) is 59.7 Å². The molecule has 0 aliphatic rings. The largest absolute Gasteiger partial charge is 0.405 e. The predicted molar refractivity (Wildman–Crippen MR) is 100 cm³/mol. The molecule has 0 atom stereocenters. The summed E-state index contributed by atoms with van der Waals surface area (Å²) >= 11 is 0. The number of nitrogens with one attached hydrogen (secondary N) is 2. The van der Waals surface area contributed by atoms with Crippen LogP contribution in [0.3, 0.4) is 0 Å². The molecule has 2 aromatic carbocycles. The molecule has 0 unspecified atom stereocenters. The minimum absolute atomic E-state index is 0.119. The zero-order valence-corrected chi connectivity index (χ0v) is 16.3. The number of rotatable bonds is 6. The zero-order chi connectivity index (χ0) is 21.8. The lowest BCUT2D eigenvalue weighted by molar-refractivity contribution is -0.123. The first-order chi connectivity index (χ1) is 13.4. The molecule has 2 N–H and O–H groups in total. The molecular weight excluding hydrogens is 411 g/mol. The van der Waals surface area contributed by atoms with Crippen molar-refractivity contribution < 1.29 is 31.2 Å². The Morgan fingerprint density at radius 3 is 2.17 bits per heavy atom. The Hall–Kier alpha value is -3.08. The Bertz CT molecular complexity index is 1000. The minimum Gasteiger partial charge on any atom is -0.345 e. The molecule has 0 saturated heterocycles. The van der Waals surface area contributed by atoms with E-state index in [2.05, 4.69) is 4.72 Å². The Balaban J connectivity index is 2.15. The van der Waals surface area contributed by atoms with E-state index >= 15 is 0 Å². The van der Waals surface area contributed by atoms with Gasteiger partial charge in [-0.3, -0.25) is 14.3 Å². The summed E-state index contributed by atoms with van der Waals surface area (Å²) in [6.45, 7) is -1.49. The second-order valence-corrected chi connectivity index (χ2v) is 7.89. The fourth-order valence-corrected chi connectivity index (χ4v) is 3.31. The van der Waals surface area contributed by atoms with Gasteiger partial charge in [0.1, 0.15) is 6.54 Å². The maximum atomic E-state index is 12.5. The van der Waals surface area contributed by atoms with E-state index in [9.17, 15) is 31.2 Å². The van der Waals surface area contributed by atoms with Gasteiger partial charge in [-0.1, -0.05) is 6.07 Å². The van der Waals surface area contributed by atoms with Crippen LogP contribution in [0.4, 0.5) is 18.9 Å². The lowest BCUT2D eigenvalue weighted by atomic mass is 10.2. The molecule has 0 fully saturated rings. The predicted octanol–water partition coefficient (Wildman–Crippen LogP) is 2.48. The van der Waals surface area contributed by atoms with E-state index in [1.165, 1.54) is 29.2 Å². The van der Waals surface area contributed by atoms with E-state index in [-0.39, 0.29) is 27.6 Å². The van der Waals surface area contributed by atoms with Gasteiger partial charge in [-0.05, 0) is 42.5 Å². The van der Waals surface area contributed by atoms with Gasteiger partial charge in [-0.2, -0.15) is 13.2 Å². The van der Waals surface area contributed by atoms with Gasteiger partial charge in [-0.25, -0.2) is 8.42 Å². The second kappa shape index (κ2) is 8.52. The molecule has 0 aliphatic carbocycles. The number of alkyl halides is 3. The number of anilines is 1. The summed E-state index contributed by atoms with van der Waals surface area (Å²) in [5.41, 5.74) is 0.323. The van der Waals surface area contributed by atoms with Crippen LogP contribution >= 0.6 is 0 Å². The van der Waals surface area contributed by atoms with Gasteiger partial charge in [0.15, 0.2) is 0 Å². The highest BCUT2D eigenvalue weighted by Gasteiger charge is 2.28. The Labute approximate surface area is 165 Å². The van der Waals surface area contributed by atoms with Crippen molar-refractivity contribution in [2.24, 2.45) is 0 Å². The maximum Gasteiger partial charge on any atom is 0.405 e. The van der Waals surface area contributed by atoms with Crippen LogP contribution in [0.15, 0.2) is 53.4 Å². The smallest absolute Gasteiger partial charge is 0.345 e. The van der Waals surface area contributed by atoms with Crippen LogP contribution in [0.25, 0.3) is 0 Å². The SMILES string of the molecule is CN(C)C(=O)c1cccc(NS(=O)(=O)c2ccc(C(=O)NCC(F)(F)F)cc2)c1. The van der Waals surface area contributed by atoms with Crippen molar-refractivity contribution >= 4 is 27.5 Å². The summed E-state index contributed by atoms with van der Waals surface area (Å²) in [6, 6.07) is 10.3. The summed E-state index contributed by atoms with van der Waals surface area (Å²) in [5.74, 6) is -1.28. The van der Waals surface area contributed by atoms with Gasteiger partial charge < -0.3 is 10.2 Å². The van der Waals surface area contributed by atoms with Crippen LogP contribution in [0.1, 0.15) is 20.7 Å². The Kier molecular flexibility index (Phi) is 6.52. The zero-order valence-electron chi connectivity index (χ0n) is 15.4. The van der Waals surface area contributed by atoms with Crippen molar-refractivity contribution in [3.63, 3.8) is 0 Å². The molecule has 0 aromatic heterocycles. The quantitative estimate of drug-likeness (QED) is 0.738. The average Bonchev–Trinajstić information content (AvgIpc) is 2.64. The second-order valence-electron chi connectivity index (χ2n) is 6.21. The first-order valence-corrected chi connectivity index (χ1v) is 9.67. The monoisotopic (exact) mass is 429 g/mol. The van der Waals surface area contributed by atoms with Crippen LogP contribution in [-0.4, -0.2) is 51.9 Å². The van der Waals surface area contributed by atoms with Gasteiger partial charge >= 0.3 is 6.18 Å². The van der Waals surface area contributed by atoms with Gasteiger partial charge in [0.05, 0.1) is 4.90 Å². The van der Waals surface area contributed by atoms with Crippen molar-refractivity contribution in [2.45, 2.75) is 11.1 Å². The van der Waals surface area contributed by atoms with Crippen LogP contribution in [0.5, 0.6) is 0 Å². The number of benzene rings is 2. The molecule has 29 heavy (non-hydrogen) atoms. The first-order valence-electron chi connectivity index (χ1n) is 8.18. The Morgan fingerprint density at radius 1 is 1.00 bits per heavy atom. The number of hydrogen-bond acceptors (Lipinski definition) is 4. The van der Waals surface area contributed by atoms with E-state index in [0.717, 1.165) is 24.3 Å². The molecule has 0 heterocycles. The Morgan fingerprint density at radius 2 is 1.62 bits per heavy atom. The summed E-state index contributed by atoms with van der Waals surface area (Å²) in [4.78, 5) is 24.8. The highest BCUT2D eigenvalue weighted by atomic mass is 32.2. The molecule has 0 aliphatic heterocycles. The van der Waals surface area contributed by atoms with Crippen LogP contribution in [-0.2, 0) is 10.0 Å². The molecule has 0 bridgehead atoms. The third kappa shape index (κ3) is 6.21. The number of nitrogens with zero attached hydrogens (tertiary/aromatic N) is 1. The van der Waals surface area contributed by atoms with E-state index in [4.69, 9.17) is 0 Å². The molecular formula is C18H18F3N3O4S. The topological polar surface area (TPSA) is 95.6 Å². The first kappa shape index (κ1) is 22.2. The number of carbonyl (C=O) groups excluding carboxylic acids is 2. The van der Waals surface area contributed by atoms with E-state index in [1.807, 2.05) is 0 Å². The number of sulfonamides is 1. The summed E-state index contributed by atoms with van der Waals surface area (Å²) in [6.07, 6.45) is -4.55. The molecule has 11 heteroatoms. The fourth-order valence-electron chi connectivity index (χ4n) is 2.26. The molecule has 2 amide bonds. The number of halogens is 3. The third-order valence-electron chi connectivity index (χ3n) is 3.64. The summed E-state index contributed by atoms with van der Waals surface area (Å²) in [7, 11) is -0.918. The molecule has 2 aromatic rings. The molecule has 0 saturated carbocycles. The van der Waals surface area contributed by atoms with Gasteiger partial charge in [0, 0.05) is 30.9 Å². The highest BCUT2D eigenvalue weighted by Crippen LogP contribution is 2.19. The number of hydrogen-bond donors (Lipinski definition) is 2. The molecule has 0 spiro atoms. The van der Waals surface area contributed by atoms with Crippen molar-refractivity contribution in [2.75, 3.05) is 25.4 Å². The standard InChI is InChI=1S/C18H18F3N3O4S/c1-24(2)17(26)13-4-3-5-14(10-13)23-29(27,28)15-8-6-12(7-9-15)16(25)22-11-18(19,20)21/h3-10,23H,11H2,1-2H3,(H,22,25). The molecule has 2 rings (SSSR count). The van der Waals surface area contributed by atoms with E-state index < -0.39 is 28.7 Å². The summed E-state index contributed by atoms with van der Waals surface area (Å²) < 4.78 is 63.8.